The van der Waals surface area contributed by atoms with Crippen molar-refractivity contribution in [3.63, 3.8) is 0 Å². The predicted octanol–water partition coefficient (Wildman–Crippen LogP) is 2.52. The van der Waals surface area contributed by atoms with E-state index in [1.54, 1.807) is 12.1 Å². The van der Waals surface area contributed by atoms with E-state index in [9.17, 15) is 4.79 Å². The zero-order chi connectivity index (χ0) is 15.3. The Kier molecular flexibility index (Phi) is 5.84. The average Bonchev–Trinajstić information content (AvgIpc) is 2.24. The standard InChI is InChI=1S/C15H23ClN2O2/c1-10(17)7-11-8-12(16)5-6-13(11)20-9-14(19)18-15(2,3)4/h5-6,8,10H,7,9,17H2,1-4H3,(H,18,19). The molecule has 0 aliphatic heterocycles. The lowest BCUT2D eigenvalue weighted by atomic mass is 10.1. The first-order valence-corrected chi connectivity index (χ1v) is 7.03. The maximum Gasteiger partial charge on any atom is 0.258 e. The Morgan fingerprint density at radius 1 is 1.45 bits per heavy atom. The van der Waals surface area contributed by atoms with E-state index in [4.69, 9.17) is 22.1 Å². The summed E-state index contributed by atoms with van der Waals surface area (Å²) < 4.78 is 5.57. The van der Waals surface area contributed by atoms with Gasteiger partial charge >= 0.3 is 0 Å². The Labute approximate surface area is 125 Å². The Morgan fingerprint density at radius 3 is 2.65 bits per heavy atom. The van der Waals surface area contributed by atoms with Crippen LogP contribution < -0.4 is 15.8 Å². The Balaban J connectivity index is 2.70. The number of nitrogens with one attached hydrogen (secondary N) is 1. The monoisotopic (exact) mass is 298 g/mol. The highest BCUT2D eigenvalue weighted by molar-refractivity contribution is 6.30. The van der Waals surface area contributed by atoms with Gasteiger partial charge in [-0.05, 0) is 57.9 Å². The number of carbonyl (C=O) groups excluding carboxylic acids is 1. The van der Waals surface area contributed by atoms with Gasteiger partial charge in [-0.1, -0.05) is 11.6 Å². The SMILES string of the molecule is CC(N)Cc1cc(Cl)ccc1OCC(=O)NC(C)(C)C. The maximum absolute atomic E-state index is 11.7. The van der Waals surface area contributed by atoms with Gasteiger partial charge in [0.2, 0.25) is 0 Å². The molecule has 4 nitrogen and oxygen atoms in total. The minimum absolute atomic E-state index is 0.000724. The highest BCUT2D eigenvalue weighted by atomic mass is 35.5. The van der Waals surface area contributed by atoms with Crippen LogP contribution in [0.4, 0.5) is 0 Å². The second kappa shape index (κ2) is 6.95. The number of nitrogens with two attached hydrogens (primary N) is 1. The Bertz CT molecular complexity index is 467. The van der Waals surface area contributed by atoms with Crippen LogP contribution >= 0.6 is 11.6 Å². The molecule has 0 aliphatic carbocycles. The van der Waals surface area contributed by atoms with Gasteiger partial charge in [0.15, 0.2) is 6.61 Å². The lowest BCUT2D eigenvalue weighted by molar-refractivity contribution is -0.124. The van der Waals surface area contributed by atoms with Crippen LogP contribution in [-0.4, -0.2) is 24.1 Å². The maximum atomic E-state index is 11.7. The largest absolute Gasteiger partial charge is 0.483 e. The number of halogens is 1. The number of hydrogen-bond donors (Lipinski definition) is 2. The minimum Gasteiger partial charge on any atom is -0.483 e. The van der Waals surface area contributed by atoms with E-state index in [0.717, 1.165) is 5.56 Å². The second-order valence-corrected chi connectivity index (χ2v) is 6.46. The first-order chi connectivity index (χ1) is 9.17. The molecular formula is C15H23ClN2O2. The molecule has 0 radical (unpaired) electrons. The average molecular weight is 299 g/mol. The molecule has 0 fully saturated rings. The van der Waals surface area contributed by atoms with E-state index in [1.165, 1.54) is 0 Å². The minimum atomic E-state index is -0.269. The molecule has 1 aromatic carbocycles. The summed E-state index contributed by atoms with van der Waals surface area (Å²) in [5.41, 5.74) is 6.45. The summed E-state index contributed by atoms with van der Waals surface area (Å²) in [6.45, 7) is 7.67. The highest BCUT2D eigenvalue weighted by Crippen LogP contribution is 2.24. The fourth-order valence-corrected chi connectivity index (χ4v) is 1.99. The van der Waals surface area contributed by atoms with Crippen molar-refractivity contribution >= 4 is 17.5 Å². The number of ether oxygens (including phenoxy) is 1. The van der Waals surface area contributed by atoms with Gasteiger partial charge < -0.3 is 15.8 Å². The van der Waals surface area contributed by atoms with Crippen LogP contribution in [-0.2, 0) is 11.2 Å². The molecule has 3 N–H and O–H groups in total. The molecule has 0 aliphatic rings. The molecule has 0 heterocycles. The Hall–Kier alpha value is -1.26. The molecular weight excluding hydrogens is 276 g/mol. The van der Waals surface area contributed by atoms with Crippen molar-refractivity contribution in [3.05, 3.63) is 28.8 Å². The van der Waals surface area contributed by atoms with Crippen LogP contribution in [0, 0.1) is 0 Å². The Morgan fingerprint density at radius 2 is 2.10 bits per heavy atom. The van der Waals surface area contributed by atoms with Gasteiger partial charge in [0.25, 0.3) is 5.91 Å². The molecule has 1 rings (SSSR count). The fraction of sp³-hybridized carbons (Fsp3) is 0.533. The van der Waals surface area contributed by atoms with Crippen molar-refractivity contribution < 1.29 is 9.53 Å². The smallest absolute Gasteiger partial charge is 0.258 e. The van der Waals surface area contributed by atoms with E-state index in [0.29, 0.717) is 17.2 Å². The summed E-state index contributed by atoms with van der Waals surface area (Å²) in [6.07, 6.45) is 0.650. The molecule has 0 spiro atoms. The molecule has 0 aromatic heterocycles. The van der Waals surface area contributed by atoms with E-state index in [2.05, 4.69) is 5.32 Å². The van der Waals surface area contributed by atoms with Crippen molar-refractivity contribution in [1.29, 1.82) is 0 Å². The van der Waals surface area contributed by atoms with Gasteiger partial charge in [0.05, 0.1) is 0 Å². The van der Waals surface area contributed by atoms with Gasteiger partial charge in [0.1, 0.15) is 5.75 Å². The van der Waals surface area contributed by atoms with Gasteiger partial charge in [-0.15, -0.1) is 0 Å². The van der Waals surface area contributed by atoms with Crippen LogP contribution in [0.2, 0.25) is 5.02 Å². The summed E-state index contributed by atoms with van der Waals surface area (Å²) in [4.78, 5) is 11.7. The summed E-state index contributed by atoms with van der Waals surface area (Å²) in [6, 6.07) is 5.33. The van der Waals surface area contributed by atoms with Gasteiger partial charge in [-0.3, -0.25) is 4.79 Å². The predicted molar refractivity (Wildman–Crippen MR) is 82.2 cm³/mol. The normalized spacial score (nSPS) is 12.9. The van der Waals surface area contributed by atoms with Gasteiger partial charge in [-0.25, -0.2) is 0 Å². The molecule has 20 heavy (non-hydrogen) atoms. The first kappa shape index (κ1) is 16.8. The third-order valence-electron chi connectivity index (χ3n) is 2.44. The molecule has 1 aromatic rings. The lowest BCUT2D eigenvalue weighted by Gasteiger charge is -2.21. The molecule has 1 unspecified atom stereocenters. The third-order valence-corrected chi connectivity index (χ3v) is 2.67. The molecule has 1 amide bonds. The van der Waals surface area contributed by atoms with E-state index in [1.807, 2.05) is 33.8 Å². The second-order valence-electron chi connectivity index (χ2n) is 6.02. The van der Waals surface area contributed by atoms with Crippen molar-refractivity contribution in [1.82, 2.24) is 5.32 Å². The molecule has 0 bridgehead atoms. The van der Waals surface area contributed by atoms with Gasteiger partial charge in [-0.2, -0.15) is 0 Å². The fourth-order valence-electron chi connectivity index (χ4n) is 1.79. The molecule has 0 saturated heterocycles. The summed E-state index contributed by atoms with van der Waals surface area (Å²) in [7, 11) is 0. The topological polar surface area (TPSA) is 64.3 Å². The number of amides is 1. The zero-order valence-corrected chi connectivity index (χ0v) is 13.3. The molecule has 112 valence electrons. The first-order valence-electron chi connectivity index (χ1n) is 6.65. The number of hydrogen-bond acceptors (Lipinski definition) is 3. The van der Waals surface area contributed by atoms with Crippen LogP contribution in [0.1, 0.15) is 33.3 Å². The molecule has 1 atom stereocenters. The summed E-state index contributed by atoms with van der Waals surface area (Å²) >= 11 is 5.97. The quantitative estimate of drug-likeness (QED) is 0.878. The van der Waals surface area contributed by atoms with Crippen molar-refractivity contribution in [2.75, 3.05) is 6.61 Å². The number of rotatable bonds is 5. The van der Waals surface area contributed by atoms with E-state index >= 15 is 0 Å². The van der Waals surface area contributed by atoms with Crippen molar-refractivity contribution in [3.8, 4) is 5.75 Å². The third kappa shape index (κ3) is 6.26. The number of benzene rings is 1. The number of carbonyl (C=O) groups is 1. The van der Waals surface area contributed by atoms with E-state index in [-0.39, 0.29) is 24.1 Å². The molecule has 5 heteroatoms. The highest BCUT2D eigenvalue weighted by Gasteiger charge is 2.15. The van der Waals surface area contributed by atoms with Crippen molar-refractivity contribution in [2.24, 2.45) is 5.73 Å². The lowest BCUT2D eigenvalue weighted by Crippen LogP contribution is -2.43. The zero-order valence-electron chi connectivity index (χ0n) is 12.5. The van der Waals surface area contributed by atoms with E-state index < -0.39 is 0 Å². The van der Waals surface area contributed by atoms with Crippen LogP contribution in [0.25, 0.3) is 0 Å². The summed E-state index contributed by atoms with van der Waals surface area (Å²) in [5.74, 6) is 0.495. The van der Waals surface area contributed by atoms with Gasteiger partial charge in [0, 0.05) is 16.6 Å². The van der Waals surface area contributed by atoms with Crippen LogP contribution in [0.15, 0.2) is 18.2 Å². The van der Waals surface area contributed by atoms with Crippen LogP contribution in [0.3, 0.4) is 0 Å². The molecule has 0 saturated carbocycles. The van der Waals surface area contributed by atoms with Crippen molar-refractivity contribution in [2.45, 2.75) is 45.7 Å². The van der Waals surface area contributed by atoms with Crippen LogP contribution in [0.5, 0.6) is 5.75 Å². The summed E-state index contributed by atoms with van der Waals surface area (Å²) in [5, 5.41) is 3.48.